The minimum atomic E-state index is -3.28. The van der Waals surface area contributed by atoms with Crippen molar-refractivity contribution in [2.75, 3.05) is 0 Å². The Morgan fingerprint density at radius 1 is 1.43 bits per heavy atom. The largest absolute Gasteiger partial charge is 0.376 e. The monoisotopic (exact) mass is 210 g/mol. The lowest BCUT2D eigenvalue weighted by Gasteiger charge is -2.00. The molecule has 1 aromatic heterocycles. The van der Waals surface area contributed by atoms with Gasteiger partial charge in [0.25, 0.3) is 6.43 Å². The van der Waals surface area contributed by atoms with Crippen molar-refractivity contribution in [3.63, 3.8) is 0 Å². The summed E-state index contributed by atoms with van der Waals surface area (Å²) in [6, 6.07) is 0.0606. The van der Waals surface area contributed by atoms with E-state index >= 15 is 0 Å². The Morgan fingerprint density at radius 3 is 2.43 bits per heavy atom. The van der Waals surface area contributed by atoms with Crippen LogP contribution in [0.1, 0.15) is 12.0 Å². The second-order valence-corrected chi connectivity index (χ2v) is 2.23. The molecular weight excluding hydrogens is 208 g/mol. The van der Waals surface area contributed by atoms with E-state index in [9.17, 15) is 27.7 Å². The molecule has 0 radical (unpaired) electrons. The normalized spacial score (nSPS) is 10.6. The predicted molar refractivity (Wildman–Crippen MR) is 35.8 cm³/mol. The summed E-state index contributed by atoms with van der Waals surface area (Å²) < 4.78 is 48.9. The lowest BCUT2D eigenvalue weighted by Crippen LogP contribution is -2.03. The van der Waals surface area contributed by atoms with Gasteiger partial charge in [0.05, 0.1) is 0 Å². The third kappa shape index (κ3) is 1.78. The molecule has 1 aromatic rings. The summed E-state index contributed by atoms with van der Waals surface area (Å²) in [4.78, 5) is 11.3. The van der Waals surface area contributed by atoms with Gasteiger partial charge in [0.2, 0.25) is 5.82 Å². The van der Waals surface area contributed by atoms with Crippen molar-refractivity contribution in [3.8, 4) is 0 Å². The predicted octanol–water partition coefficient (Wildman–Crippen LogP) is 2.21. The van der Waals surface area contributed by atoms with Crippen LogP contribution < -0.4 is 0 Å². The third-order valence-electron chi connectivity index (χ3n) is 1.35. The molecule has 0 atom stereocenters. The van der Waals surface area contributed by atoms with Crippen molar-refractivity contribution in [2.45, 2.75) is 6.43 Å². The molecule has 0 aromatic carbocycles. The lowest BCUT2D eigenvalue weighted by atomic mass is 10.2. The number of rotatable bonds is 2. The molecule has 0 saturated heterocycles. The fraction of sp³-hybridized carbons (Fsp3) is 0.167. The number of aromatic nitrogens is 1. The molecule has 1 heterocycles. The molecule has 0 aliphatic carbocycles. The van der Waals surface area contributed by atoms with Crippen LogP contribution in [-0.4, -0.2) is 9.91 Å². The van der Waals surface area contributed by atoms with Crippen molar-refractivity contribution in [3.05, 3.63) is 33.5 Å². The molecule has 0 N–H and O–H groups in total. The van der Waals surface area contributed by atoms with Crippen LogP contribution in [0.15, 0.2) is 6.07 Å². The molecular formula is C6H2F4N2O2. The second kappa shape index (κ2) is 3.56. The molecule has 0 fully saturated rings. The number of nitro groups is 1. The maximum Gasteiger partial charge on any atom is 0.376 e. The number of hydrogen-bond donors (Lipinski definition) is 0. The van der Waals surface area contributed by atoms with E-state index in [0.29, 0.717) is 0 Å². The van der Waals surface area contributed by atoms with Crippen LogP contribution in [0, 0.1) is 21.9 Å². The first kappa shape index (κ1) is 10.4. The van der Waals surface area contributed by atoms with Crippen molar-refractivity contribution in [2.24, 2.45) is 0 Å². The summed E-state index contributed by atoms with van der Waals surface area (Å²) in [6.45, 7) is 0. The standard InChI is InChI=1S/C6H2F4N2O2/c7-3-1-2(4(8)9)6(12(13)14)11-5(3)10/h1,4H. The number of nitrogens with zero attached hydrogens (tertiary/aromatic N) is 2. The number of halogens is 4. The zero-order chi connectivity index (χ0) is 10.9. The molecule has 14 heavy (non-hydrogen) atoms. The van der Waals surface area contributed by atoms with Crippen LogP contribution in [0.5, 0.6) is 0 Å². The topological polar surface area (TPSA) is 56.0 Å². The molecule has 8 heteroatoms. The average molecular weight is 210 g/mol. The average Bonchev–Trinajstić information content (AvgIpc) is 2.08. The third-order valence-corrected chi connectivity index (χ3v) is 1.35. The zero-order valence-corrected chi connectivity index (χ0v) is 6.38. The van der Waals surface area contributed by atoms with E-state index in [-0.39, 0.29) is 6.07 Å². The summed E-state index contributed by atoms with van der Waals surface area (Å²) >= 11 is 0. The molecule has 0 bridgehead atoms. The summed E-state index contributed by atoms with van der Waals surface area (Å²) in [7, 11) is 0. The van der Waals surface area contributed by atoms with E-state index in [2.05, 4.69) is 4.98 Å². The zero-order valence-electron chi connectivity index (χ0n) is 6.38. The van der Waals surface area contributed by atoms with Crippen molar-refractivity contribution < 1.29 is 22.5 Å². The highest BCUT2D eigenvalue weighted by atomic mass is 19.3. The van der Waals surface area contributed by atoms with E-state index in [1.807, 2.05) is 0 Å². The smallest absolute Gasteiger partial charge is 0.358 e. The van der Waals surface area contributed by atoms with Crippen LogP contribution in [0.3, 0.4) is 0 Å². The molecule has 1 rings (SSSR count). The van der Waals surface area contributed by atoms with Crippen molar-refractivity contribution >= 4 is 5.82 Å². The summed E-state index contributed by atoms with van der Waals surface area (Å²) in [5.41, 5.74) is -1.24. The molecule has 0 saturated carbocycles. The van der Waals surface area contributed by atoms with Crippen molar-refractivity contribution in [1.82, 2.24) is 4.98 Å². The maximum absolute atomic E-state index is 12.4. The molecule has 0 aliphatic heterocycles. The van der Waals surface area contributed by atoms with E-state index < -0.39 is 34.5 Å². The SMILES string of the molecule is O=[N+]([O-])c1nc(F)c(F)cc1C(F)F. The Balaban J connectivity index is 3.39. The fourth-order valence-electron chi connectivity index (χ4n) is 0.778. The molecule has 4 nitrogen and oxygen atoms in total. The Morgan fingerprint density at radius 2 is 2.00 bits per heavy atom. The lowest BCUT2D eigenvalue weighted by molar-refractivity contribution is -0.391. The highest BCUT2D eigenvalue weighted by molar-refractivity contribution is 5.33. The van der Waals surface area contributed by atoms with E-state index in [1.165, 1.54) is 0 Å². The first-order valence-electron chi connectivity index (χ1n) is 3.22. The van der Waals surface area contributed by atoms with Crippen LogP contribution in [0.2, 0.25) is 0 Å². The molecule has 76 valence electrons. The second-order valence-electron chi connectivity index (χ2n) is 2.23. The molecule has 0 aliphatic rings. The summed E-state index contributed by atoms with van der Waals surface area (Å²) in [5.74, 6) is -4.80. The molecule has 0 unspecified atom stereocenters. The first-order chi connectivity index (χ1) is 6.43. The van der Waals surface area contributed by atoms with Gasteiger partial charge in [-0.3, -0.25) is 0 Å². The van der Waals surface area contributed by atoms with Gasteiger partial charge in [0, 0.05) is 0 Å². The van der Waals surface area contributed by atoms with Gasteiger partial charge in [0.15, 0.2) is 0 Å². The van der Waals surface area contributed by atoms with E-state index in [4.69, 9.17) is 0 Å². The maximum atomic E-state index is 12.4. The van der Waals surface area contributed by atoms with Gasteiger partial charge in [-0.15, -0.1) is 0 Å². The Bertz CT molecular complexity index is 382. The molecule has 0 spiro atoms. The molecule has 0 amide bonds. The summed E-state index contributed by atoms with van der Waals surface area (Å²) in [6.07, 6.45) is -3.28. The van der Waals surface area contributed by atoms with Crippen molar-refractivity contribution in [1.29, 1.82) is 0 Å². The number of pyridine rings is 1. The van der Waals surface area contributed by atoms with E-state index in [1.54, 1.807) is 0 Å². The van der Waals surface area contributed by atoms with Crippen LogP contribution in [-0.2, 0) is 0 Å². The minimum absolute atomic E-state index is 0.0606. The Labute approximate surface area is 74.3 Å². The van der Waals surface area contributed by atoms with Crippen LogP contribution in [0.25, 0.3) is 0 Å². The fourth-order valence-corrected chi connectivity index (χ4v) is 0.778. The van der Waals surface area contributed by atoms with Gasteiger partial charge in [-0.05, 0) is 16.0 Å². The first-order valence-corrected chi connectivity index (χ1v) is 3.22. The van der Waals surface area contributed by atoms with Gasteiger partial charge in [-0.2, -0.15) is 8.78 Å². The highest BCUT2D eigenvalue weighted by Gasteiger charge is 2.27. The van der Waals surface area contributed by atoms with Gasteiger partial charge < -0.3 is 10.1 Å². The Kier molecular flexibility index (Phi) is 2.63. The van der Waals surface area contributed by atoms with Gasteiger partial charge in [-0.1, -0.05) is 0 Å². The number of alkyl halides is 2. The van der Waals surface area contributed by atoms with Crippen LogP contribution >= 0.6 is 0 Å². The number of hydrogen-bond acceptors (Lipinski definition) is 3. The Hall–Kier alpha value is -1.73. The quantitative estimate of drug-likeness (QED) is 0.325. The van der Waals surface area contributed by atoms with Gasteiger partial charge >= 0.3 is 11.8 Å². The van der Waals surface area contributed by atoms with Crippen LogP contribution in [0.4, 0.5) is 23.4 Å². The van der Waals surface area contributed by atoms with E-state index in [0.717, 1.165) is 0 Å². The van der Waals surface area contributed by atoms with Gasteiger partial charge in [-0.25, -0.2) is 8.78 Å². The highest BCUT2D eigenvalue weighted by Crippen LogP contribution is 2.28. The summed E-state index contributed by atoms with van der Waals surface area (Å²) in [5, 5.41) is 10.1. The van der Waals surface area contributed by atoms with Gasteiger partial charge in [0.1, 0.15) is 5.56 Å². The minimum Gasteiger partial charge on any atom is -0.358 e.